The fourth-order valence-corrected chi connectivity index (χ4v) is 2.79. The van der Waals surface area contributed by atoms with Gasteiger partial charge in [-0.2, -0.15) is 0 Å². The van der Waals surface area contributed by atoms with Crippen LogP contribution in [-0.4, -0.2) is 41.7 Å². The first kappa shape index (κ1) is 17.4. The second-order valence-electron chi connectivity index (χ2n) is 6.15. The highest BCUT2D eigenvalue weighted by Crippen LogP contribution is 2.12. The van der Waals surface area contributed by atoms with Gasteiger partial charge in [-0.15, -0.1) is 0 Å². The van der Waals surface area contributed by atoms with Gasteiger partial charge in [0.2, 0.25) is 0 Å². The van der Waals surface area contributed by atoms with Crippen LogP contribution >= 0.6 is 0 Å². The van der Waals surface area contributed by atoms with E-state index in [2.05, 4.69) is 32.7 Å². The topological polar surface area (TPSA) is 76.1 Å². The molecule has 1 amide bonds. The average Bonchev–Trinajstić information content (AvgIpc) is 3.18. The molecule has 0 spiro atoms. The number of nitrogens with one attached hydrogen (secondary N) is 2. The van der Waals surface area contributed by atoms with E-state index >= 15 is 0 Å². The molecule has 1 unspecified atom stereocenters. The third-order valence-electron chi connectivity index (χ3n) is 4.19. The average molecular weight is 340 g/mol. The number of ether oxygens (including phenoxy) is 1. The van der Waals surface area contributed by atoms with Crippen molar-refractivity contribution in [3.8, 4) is 0 Å². The summed E-state index contributed by atoms with van der Waals surface area (Å²) in [7, 11) is 0. The van der Waals surface area contributed by atoms with E-state index < -0.39 is 0 Å². The SMILES string of the molecule is O=C(NCCCc1ccccc1)c1cnc(NCC2CCCO2)cn1. The molecule has 1 aliphatic heterocycles. The minimum atomic E-state index is -0.189. The highest BCUT2D eigenvalue weighted by atomic mass is 16.5. The molecule has 6 nitrogen and oxygen atoms in total. The molecule has 6 heteroatoms. The molecule has 1 saturated heterocycles. The Balaban J connectivity index is 1.38. The molecule has 2 heterocycles. The molecule has 1 fully saturated rings. The van der Waals surface area contributed by atoms with Crippen LogP contribution in [0.5, 0.6) is 0 Å². The van der Waals surface area contributed by atoms with Gasteiger partial charge in [-0.05, 0) is 31.2 Å². The van der Waals surface area contributed by atoms with Crippen LogP contribution < -0.4 is 10.6 Å². The molecule has 1 aliphatic rings. The largest absolute Gasteiger partial charge is 0.376 e. The number of hydrogen-bond donors (Lipinski definition) is 2. The molecule has 1 aromatic carbocycles. The molecule has 0 radical (unpaired) electrons. The van der Waals surface area contributed by atoms with Crippen molar-refractivity contribution >= 4 is 11.7 Å². The Morgan fingerprint density at radius 1 is 1.20 bits per heavy atom. The van der Waals surface area contributed by atoms with Gasteiger partial charge >= 0.3 is 0 Å². The number of aromatic nitrogens is 2. The minimum absolute atomic E-state index is 0.189. The number of rotatable bonds is 8. The van der Waals surface area contributed by atoms with E-state index in [0.717, 1.165) is 38.8 Å². The van der Waals surface area contributed by atoms with Gasteiger partial charge in [-0.1, -0.05) is 30.3 Å². The van der Waals surface area contributed by atoms with Crippen LogP contribution in [0.25, 0.3) is 0 Å². The van der Waals surface area contributed by atoms with Gasteiger partial charge in [0.25, 0.3) is 5.91 Å². The predicted octanol–water partition coefficient (Wildman–Crippen LogP) is 2.43. The summed E-state index contributed by atoms with van der Waals surface area (Å²) in [6, 6.07) is 10.2. The Bertz CT molecular complexity index is 655. The lowest BCUT2D eigenvalue weighted by atomic mass is 10.1. The Morgan fingerprint density at radius 3 is 2.80 bits per heavy atom. The third kappa shape index (κ3) is 5.53. The van der Waals surface area contributed by atoms with Crippen LogP contribution in [0.2, 0.25) is 0 Å². The highest BCUT2D eigenvalue weighted by molar-refractivity contribution is 5.91. The molecular weight excluding hydrogens is 316 g/mol. The number of hydrogen-bond acceptors (Lipinski definition) is 5. The summed E-state index contributed by atoms with van der Waals surface area (Å²) in [4.78, 5) is 20.5. The number of anilines is 1. The van der Waals surface area contributed by atoms with Crippen LogP contribution in [0.15, 0.2) is 42.7 Å². The molecule has 2 N–H and O–H groups in total. The lowest BCUT2D eigenvalue weighted by molar-refractivity contribution is 0.0948. The molecular formula is C19H24N4O2. The summed E-state index contributed by atoms with van der Waals surface area (Å²) < 4.78 is 5.55. The number of nitrogens with zero attached hydrogens (tertiary/aromatic N) is 2. The lowest BCUT2D eigenvalue weighted by Crippen LogP contribution is -2.26. The van der Waals surface area contributed by atoms with Crippen LogP contribution in [0, 0.1) is 0 Å². The van der Waals surface area contributed by atoms with Crippen LogP contribution in [0.3, 0.4) is 0 Å². The summed E-state index contributed by atoms with van der Waals surface area (Å²) >= 11 is 0. The summed E-state index contributed by atoms with van der Waals surface area (Å²) in [5.74, 6) is 0.474. The summed E-state index contributed by atoms with van der Waals surface area (Å²) in [6.07, 6.45) is 7.36. The first-order chi connectivity index (χ1) is 12.3. The van der Waals surface area contributed by atoms with Crippen molar-refractivity contribution in [2.24, 2.45) is 0 Å². The van der Waals surface area contributed by atoms with Gasteiger partial charge in [0.1, 0.15) is 11.5 Å². The third-order valence-corrected chi connectivity index (χ3v) is 4.19. The van der Waals surface area contributed by atoms with E-state index in [-0.39, 0.29) is 12.0 Å². The van der Waals surface area contributed by atoms with E-state index in [0.29, 0.717) is 18.1 Å². The number of carbonyl (C=O) groups is 1. The van der Waals surface area contributed by atoms with Crippen molar-refractivity contribution < 1.29 is 9.53 Å². The Kier molecular flexibility index (Phi) is 6.34. The van der Waals surface area contributed by atoms with E-state index in [4.69, 9.17) is 4.74 Å². The molecule has 2 aromatic rings. The molecule has 132 valence electrons. The maximum Gasteiger partial charge on any atom is 0.271 e. The Labute approximate surface area is 148 Å². The van der Waals surface area contributed by atoms with Crippen LogP contribution in [0.4, 0.5) is 5.82 Å². The normalized spacial score (nSPS) is 16.6. The molecule has 25 heavy (non-hydrogen) atoms. The smallest absolute Gasteiger partial charge is 0.271 e. The number of benzene rings is 1. The van der Waals surface area contributed by atoms with Gasteiger partial charge < -0.3 is 15.4 Å². The van der Waals surface area contributed by atoms with Crippen molar-refractivity contribution in [1.29, 1.82) is 0 Å². The maximum absolute atomic E-state index is 12.1. The molecule has 3 rings (SSSR count). The minimum Gasteiger partial charge on any atom is -0.376 e. The summed E-state index contributed by atoms with van der Waals surface area (Å²) in [5, 5.41) is 6.08. The second-order valence-corrected chi connectivity index (χ2v) is 6.15. The Morgan fingerprint density at radius 2 is 2.08 bits per heavy atom. The molecule has 1 aromatic heterocycles. The van der Waals surface area contributed by atoms with E-state index in [1.165, 1.54) is 11.8 Å². The Hall–Kier alpha value is -2.47. The van der Waals surface area contributed by atoms with E-state index in [1.807, 2.05) is 18.2 Å². The monoisotopic (exact) mass is 340 g/mol. The zero-order valence-corrected chi connectivity index (χ0v) is 14.3. The van der Waals surface area contributed by atoms with Crippen molar-refractivity contribution in [1.82, 2.24) is 15.3 Å². The lowest BCUT2D eigenvalue weighted by Gasteiger charge is -2.11. The van der Waals surface area contributed by atoms with Crippen molar-refractivity contribution in [2.45, 2.75) is 31.8 Å². The summed E-state index contributed by atoms with van der Waals surface area (Å²) in [6.45, 7) is 2.18. The van der Waals surface area contributed by atoms with Crippen molar-refractivity contribution in [3.63, 3.8) is 0 Å². The quantitative estimate of drug-likeness (QED) is 0.722. The van der Waals surface area contributed by atoms with Crippen LogP contribution in [0.1, 0.15) is 35.3 Å². The molecule has 0 bridgehead atoms. The first-order valence-electron chi connectivity index (χ1n) is 8.81. The second kappa shape index (κ2) is 9.13. The van der Waals surface area contributed by atoms with Gasteiger partial charge in [-0.3, -0.25) is 4.79 Å². The predicted molar refractivity (Wildman–Crippen MR) is 96.6 cm³/mol. The zero-order valence-electron chi connectivity index (χ0n) is 14.3. The molecule has 0 aliphatic carbocycles. The number of aryl methyl sites for hydroxylation is 1. The van der Waals surface area contributed by atoms with Crippen molar-refractivity contribution in [3.05, 3.63) is 54.0 Å². The maximum atomic E-state index is 12.1. The fraction of sp³-hybridized carbons (Fsp3) is 0.421. The summed E-state index contributed by atoms with van der Waals surface area (Å²) in [5.41, 5.74) is 1.61. The van der Waals surface area contributed by atoms with E-state index in [9.17, 15) is 4.79 Å². The molecule has 0 saturated carbocycles. The number of amides is 1. The van der Waals surface area contributed by atoms with Gasteiger partial charge in [-0.25, -0.2) is 9.97 Å². The first-order valence-corrected chi connectivity index (χ1v) is 8.81. The molecule has 1 atom stereocenters. The van der Waals surface area contributed by atoms with Gasteiger partial charge in [0, 0.05) is 19.7 Å². The van der Waals surface area contributed by atoms with Gasteiger partial charge in [0.05, 0.1) is 18.5 Å². The van der Waals surface area contributed by atoms with Crippen molar-refractivity contribution in [2.75, 3.05) is 25.0 Å². The van der Waals surface area contributed by atoms with Crippen LogP contribution in [-0.2, 0) is 11.2 Å². The van der Waals surface area contributed by atoms with Gasteiger partial charge in [0.15, 0.2) is 0 Å². The van der Waals surface area contributed by atoms with E-state index in [1.54, 1.807) is 6.20 Å². The highest BCUT2D eigenvalue weighted by Gasteiger charge is 2.15. The zero-order chi connectivity index (χ0) is 17.3. The fourth-order valence-electron chi connectivity index (χ4n) is 2.79. The standard InChI is InChI=1S/C19H24N4O2/c24-19(20-10-4-8-15-6-2-1-3-7-15)17-13-23-18(14-21-17)22-12-16-9-5-11-25-16/h1-3,6-7,13-14,16H,4-5,8-12H2,(H,20,24)(H,22,23). The number of carbonyl (C=O) groups excluding carboxylic acids is 1.